The van der Waals surface area contributed by atoms with Crippen molar-refractivity contribution in [1.29, 1.82) is 0 Å². The van der Waals surface area contributed by atoms with E-state index in [9.17, 15) is 14.7 Å². The lowest BCUT2D eigenvalue weighted by Crippen LogP contribution is -2.36. The summed E-state index contributed by atoms with van der Waals surface area (Å²) in [5, 5.41) is 11.1. The summed E-state index contributed by atoms with van der Waals surface area (Å²) in [5.41, 5.74) is 1.24. The van der Waals surface area contributed by atoms with Crippen LogP contribution in [0, 0.1) is 0 Å². The maximum Gasteiger partial charge on any atom is 0.295 e. The molecule has 0 saturated carbocycles. The standard InChI is InChI=1S/C25H27NO6/c1-3-31-19-12-6-16(7-13-19)22-21(23(27)17-8-10-18(30-2)11-9-17)24(28)25(29)26(22)15-20-5-4-14-32-20/h6-13,20,22,27H,3-5,14-15H2,1-2H3/t20-,22-/m0/s1. The highest BCUT2D eigenvalue weighted by Gasteiger charge is 2.47. The van der Waals surface area contributed by atoms with Crippen LogP contribution in [0.5, 0.6) is 11.5 Å². The van der Waals surface area contributed by atoms with E-state index in [1.165, 1.54) is 4.90 Å². The number of benzene rings is 2. The van der Waals surface area contributed by atoms with Crippen LogP contribution in [-0.4, -0.2) is 54.7 Å². The molecule has 7 heteroatoms. The fourth-order valence-electron chi connectivity index (χ4n) is 4.24. The highest BCUT2D eigenvalue weighted by molar-refractivity contribution is 6.46. The number of methoxy groups -OCH3 is 1. The molecule has 0 radical (unpaired) electrons. The van der Waals surface area contributed by atoms with Gasteiger partial charge in [-0.3, -0.25) is 9.59 Å². The molecule has 0 unspecified atom stereocenters. The molecule has 4 rings (SSSR count). The van der Waals surface area contributed by atoms with Crippen LogP contribution in [0.25, 0.3) is 5.76 Å². The Morgan fingerprint density at radius 1 is 1.09 bits per heavy atom. The maximum absolute atomic E-state index is 13.1. The van der Waals surface area contributed by atoms with Crippen molar-refractivity contribution in [2.24, 2.45) is 0 Å². The van der Waals surface area contributed by atoms with Gasteiger partial charge in [0, 0.05) is 18.7 Å². The number of aliphatic hydroxyl groups is 1. The number of Topliss-reactive ketones (excluding diaryl/α,β-unsaturated/α-hetero) is 1. The molecular formula is C25H27NO6. The molecule has 2 heterocycles. The number of hydrogen-bond acceptors (Lipinski definition) is 6. The molecule has 2 aromatic carbocycles. The molecule has 2 aliphatic heterocycles. The van der Waals surface area contributed by atoms with Gasteiger partial charge in [-0.1, -0.05) is 12.1 Å². The van der Waals surface area contributed by atoms with Gasteiger partial charge in [0.05, 0.1) is 31.4 Å². The van der Waals surface area contributed by atoms with Gasteiger partial charge in [-0.25, -0.2) is 0 Å². The zero-order valence-electron chi connectivity index (χ0n) is 18.2. The van der Waals surface area contributed by atoms with Gasteiger partial charge >= 0.3 is 0 Å². The van der Waals surface area contributed by atoms with Crippen LogP contribution in [0.15, 0.2) is 54.1 Å². The number of carbonyl (C=O) groups is 2. The van der Waals surface area contributed by atoms with Gasteiger partial charge < -0.3 is 24.2 Å². The van der Waals surface area contributed by atoms with E-state index in [2.05, 4.69) is 0 Å². The van der Waals surface area contributed by atoms with Crippen LogP contribution >= 0.6 is 0 Å². The second kappa shape index (κ2) is 9.44. The van der Waals surface area contributed by atoms with Gasteiger partial charge in [0.25, 0.3) is 11.7 Å². The fourth-order valence-corrected chi connectivity index (χ4v) is 4.24. The van der Waals surface area contributed by atoms with Gasteiger partial charge in [-0.15, -0.1) is 0 Å². The lowest BCUT2D eigenvalue weighted by molar-refractivity contribution is -0.140. The first-order chi connectivity index (χ1) is 15.5. The smallest absolute Gasteiger partial charge is 0.295 e. The summed E-state index contributed by atoms with van der Waals surface area (Å²) in [6, 6.07) is 13.3. The Labute approximate surface area is 187 Å². The minimum atomic E-state index is -0.711. The summed E-state index contributed by atoms with van der Waals surface area (Å²) in [7, 11) is 1.55. The summed E-state index contributed by atoms with van der Waals surface area (Å²) < 4.78 is 16.4. The topological polar surface area (TPSA) is 85.3 Å². The molecule has 1 N–H and O–H groups in total. The van der Waals surface area contributed by atoms with Crippen LogP contribution in [0.1, 0.15) is 36.9 Å². The monoisotopic (exact) mass is 437 g/mol. The molecular weight excluding hydrogens is 410 g/mol. The molecule has 1 amide bonds. The van der Waals surface area contributed by atoms with Crippen molar-refractivity contribution in [1.82, 2.24) is 4.90 Å². The van der Waals surface area contributed by atoms with E-state index in [0.717, 1.165) is 18.4 Å². The lowest BCUT2D eigenvalue weighted by atomic mass is 9.95. The highest BCUT2D eigenvalue weighted by atomic mass is 16.5. The maximum atomic E-state index is 13.1. The lowest BCUT2D eigenvalue weighted by Gasteiger charge is -2.27. The molecule has 7 nitrogen and oxygen atoms in total. The molecule has 0 bridgehead atoms. The minimum Gasteiger partial charge on any atom is -0.507 e. The zero-order valence-corrected chi connectivity index (χ0v) is 18.2. The number of ketones is 1. The number of rotatable bonds is 7. The Hall–Kier alpha value is -3.32. The van der Waals surface area contributed by atoms with Crippen LogP contribution < -0.4 is 9.47 Å². The SMILES string of the molecule is CCOc1ccc([C@H]2C(=C(O)c3ccc(OC)cc3)C(=O)C(=O)N2C[C@@H]2CCCO2)cc1. The van der Waals surface area contributed by atoms with Crippen molar-refractivity contribution in [3.05, 3.63) is 65.2 Å². The van der Waals surface area contributed by atoms with E-state index in [-0.39, 0.29) is 17.4 Å². The molecule has 0 aliphatic carbocycles. The third-order valence-corrected chi connectivity index (χ3v) is 5.83. The van der Waals surface area contributed by atoms with E-state index in [1.54, 1.807) is 43.5 Å². The van der Waals surface area contributed by atoms with Gasteiger partial charge in [0.1, 0.15) is 17.3 Å². The van der Waals surface area contributed by atoms with E-state index in [4.69, 9.17) is 14.2 Å². The number of amides is 1. The first-order valence-electron chi connectivity index (χ1n) is 10.8. The third kappa shape index (κ3) is 4.21. The number of aliphatic hydroxyl groups excluding tert-OH is 1. The molecule has 2 fully saturated rings. The first kappa shape index (κ1) is 21.9. The van der Waals surface area contributed by atoms with Crippen molar-refractivity contribution < 1.29 is 28.9 Å². The molecule has 2 atom stereocenters. The number of likely N-dealkylation sites (tertiary alicyclic amines) is 1. The van der Waals surface area contributed by atoms with Gasteiger partial charge in [-0.2, -0.15) is 0 Å². The molecule has 2 saturated heterocycles. The predicted molar refractivity (Wildman–Crippen MR) is 119 cm³/mol. The van der Waals surface area contributed by atoms with Crippen LogP contribution in [0.4, 0.5) is 0 Å². The predicted octanol–water partition coefficient (Wildman–Crippen LogP) is 3.69. The Bertz CT molecular complexity index is 1010. The Kier molecular flexibility index (Phi) is 6.46. The zero-order chi connectivity index (χ0) is 22.7. The van der Waals surface area contributed by atoms with Crippen LogP contribution in [0.2, 0.25) is 0 Å². The fraction of sp³-hybridized carbons (Fsp3) is 0.360. The molecule has 32 heavy (non-hydrogen) atoms. The number of carbonyl (C=O) groups excluding carboxylic acids is 2. The quantitative estimate of drug-likeness (QED) is 0.404. The van der Waals surface area contributed by atoms with Crippen molar-refractivity contribution in [2.75, 3.05) is 26.9 Å². The minimum absolute atomic E-state index is 0.0716. The number of hydrogen-bond donors (Lipinski definition) is 1. The van der Waals surface area contributed by atoms with Crippen molar-refractivity contribution in [2.45, 2.75) is 31.9 Å². The second-order valence-electron chi connectivity index (χ2n) is 7.82. The van der Waals surface area contributed by atoms with Crippen molar-refractivity contribution >= 4 is 17.4 Å². The molecule has 0 aromatic heterocycles. The second-order valence-corrected chi connectivity index (χ2v) is 7.82. The summed E-state index contributed by atoms with van der Waals surface area (Å²) in [6.45, 7) is 3.38. The average Bonchev–Trinajstić information content (AvgIpc) is 3.42. The third-order valence-electron chi connectivity index (χ3n) is 5.83. The molecule has 2 aliphatic rings. The van der Waals surface area contributed by atoms with E-state index < -0.39 is 17.7 Å². The van der Waals surface area contributed by atoms with Gasteiger partial charge in [0.15, 0.2) is 0 Å². The van der Waals surface area contributed by atoms with E-state index in [1.807, 2.05) is 19.1 Å². The summed E-state index contributed by atoms with van der Waals surface area (Å²) in [5.74, 6) is -0.213. The largest absolute Gasteiger partial charge is 0.507 e. The Morgan fingerprint density at radius 3 is 2.38 bits per heavy atom. The van der Waals surface area contributed by atoms with Crippen LogP contribution in [0.3, 0.4) is 0 Å². The average molecular weight is 437 g/mol. The summed E-state index contributed by atoms with van der Waals surface area (Å²) in [4.78, 5) is 27.6. The van der Waals surface area contributed by atoms with Crippen molar-refractivity contribution in [3.8, 4) is 11.5 Å². The first-order valence-corrected chi connectivity index (χ1v) is 10.8. The summed E-state index contributed by atoms with van der Waals surface area (Å²) >= 11 is 0. The van der Waals surface area contributed by atoms with Crippen LogP contribution in [-0.2, 0) is 14.3 Å². The van der Waals surface area contributed by atoms with Crippen molar-refractivity contribution in [3.63, 3.8) is 0 Å². The Balaban J connectivity index is 1.77. The molecule has 168 valence electrons. The Morgan fingerprint density at radius 2 is 1.78 bits per heavy atom. The highest BCUT2D eigenvalue weighted by Crippen LogP contribution is 2.40. The van der Waals surface area contributed by atoms with E-state index in [0.29, 0.717) is 36.8 Å². The summed E-state index contributed by atoms with van der Waals surface area (Å²) in [6.07, 6.45) is 1.63. The van der Waals surface area contributed by atoms with E-state index >= 15 is 0 Å². The molecule has 0 spiro atoms. The number of ether oxygens (including phenoxy) is 3. The normalized spacial score (nSPS) is 22.4. The van der Waals surface area contributed by atoms with Gasteiger partial charge in [-0.05, 0) is 61.7 Å². The number of nitrogens with zero attached hydrogens (tertiary/aromatic N) is 1. The molecule has 2 aromatic rings. The van der Waals surface area contributed by atoms with Gasteiger partial charge in [0.2, 0.25) is 0 Å².